The van der Waals surface area contributed by atoms with Gasteiger partial charge in [0.2, 0.25) is 5.91 Å². The van der Waals surface area contributed by atoms with Gasteiger partial charge in [0, 0.05) is 11.5 Å². The van der Waals surface area contributed by atoms with Crippen molar-refractivity contribution in [3.8, 4) is 5.75 Å². The van der Waals surface area contributed by atoms with E-state index in [-0.39, 0.29) is 12.0 Å². The molecule has 2 N–H and O–H groups in total. The van der Waals surface area contributed by atoms with Crippen LogP contribution in [0.15, 0.2) is 33.0 Å². The number of allylic oxidation sites excluding steroid dienone is 1. The molecule has 8 heteroatoms. The van der Waals surface area contributed by atoms with Gasteiger partial charge in [0.25, 0.3) is 0 Å². The minimum atomic E-state index is -1.16. The maximum Gasteiger partial charge on any atom is 0.340 e. The van der Waals surface area contributed by atoms with Gasteiger partial charge in [0.1, 0.15) is 24.0 Å². The molecule has 2 rings (SSSR count). The lowest BCUT2D eigenvalue weighted by Gasteiger charge is -2.12. The zero-order valence-electron chi connectivity index (χ0n) is 16.1. The Morgan fingerprint density at radius 2 is 2.04 bits per heavy atom. The van der Waals surface area contributed by atoms with E-state index in [1.54, 1.807) is 19.1 Å². The second-order valence-corrected chi connectivity index (χ2v) is 7.08. The molecule has 0 radical (unpaired) electrons. The minimum absolute atomic E-state index is 0.150. The molecule has 0 saturated carbocycles. The molecule has 0 aliphatic rings. The standard InChI is InChI=1S/C20H22ClNO6/c1-10(2)5-6-27-17-9-16-13(7-15(17)21)11(3)14(20(26)28-16)8-18(23)22-12(4)19(24)25/h5,7,9,12H,6,8H2,1-4H3,(H,22,23)(H,24,25)/t12-/m0/s1. The number of aryl methyl sites for hydroxylation is 1. The number of fused-ring (bicyclic) bond motifs is 1. The topological polar surface area (TPSA) is 106 Å². The Hall–Kier alpha value is -2.80. The highest BCUT2D eigenvalue weighted by Gasteiger charge is 2.19. The third kappa shape index (κ3) is 5.13. The lowest BCUT2D eigenvalue weighted by molar-refractivity contribution is -0.141. The van der Waals surface area contributed by atoms with Crippen molar-refractivity contribution in [3.05, 3.63) is 50.4 Å². The number of carbonyl (C=O) groups is 2. The number of carboxylic acids is 1. The van der Waals surface area contributed by atoms with Crippen LogP contribution >= 0.6 is 11.6 Å². The zero-order chi connectivity index (χ0) is 21.0. The number of carboxylic acid groups (broad SMARTS) is 1. The summed E-state index contributed by atoms with van der Waals surface area (Å²) in [6, 6.07) is 2.10. The number of rotatable bonds is 7. The number of benzene rings is 1. The highest BCUT2D eigenvalue weighted by molar-refractivity contribution is 6.32. The van der Waals surface area contributed by atoms with E-state index in [1.807, 2.05) is 19.9 Å². The van der Waals surface area contributed by atoms with Crippen molar-refractivity contribution in [2.75, 3.05) is 6.61 Å². The Kier molecular flexibility index (Phi) is 6.85. The number of amides is 1. The maximum absolute atomic E-state index is 12.4. The van der Waals surface area contributed by atoms with Crippen molar-refractivity contribution in [3.63, 3.8) is 0 Å². The Bertz CT molecular complexity index is 1000. The Balaban J connectivity index is 2.35. The average molecular weight is 408 g/mol. The van der Waals surface area contributed by atoms with Crippen LogP contribution < -0.4 is 15.7 Å². The van der Waals surface area contributed by atoms with E-state index < -0.39 is 23.5 Å². The first-order chi connectivity index (χ1) is 13.1. The number of hydrogen-bond donors (Lipinski definition) is 2. The van der Waals surface area contributed by atoms with Crippen LogP contribution in [0.5, 0.6) is 5.75 Å². The number of nitrogens with one attached hydrogen (secondary N) is 1. The first-order valence-corrected chi connectivity index (χ1v) is 9.02. The first-order valence-electron chi connectivity index (χ1n) is 8.64. The molecule has 0 saturated heterocycles. The van der Waals surface area contributed by atoms with Crippen molar-refractivity contribution >= 4 is 34.4 Å². The fourth-order valence-electron chi connectivity index (χ4n) is 2.52. The molecule has 0 bridgehead atoms. The predicted molar refractivity (Wildman–Crippen MR) is 106 cm³/mol. The molecule has 1 aromatic carbocycles. The second-order valence-electron chi connectivity index (χ2n) is 6.67. The van der Waals surface area contributed by atoms with E-state index in [0.717, 1.165) is 5.57 Å². The van der Waals surface area contributed by atoms with E-state index in [9.17, 15) is 14.4 Å². The molecule has 0 aliphatic carbocycles. The fraction of sp³-hybridized carbons (Fsp3) is 0.350. The van der Waals surface area contributed by atoms with Crippen molar-refractivity contribution in [1.82, 2.24) is 5.32 Å². The summed E-state index contributed by atoms with van der Waals surface area (Å²) in [5, 5.41) is 12.1. The normalized spacial score (nSPS) is 11.8. The SMILES string of the molecule is CC(C)=CCOc1cc2oc(=O)c(CC(=O)N[C@@H](C)C(=O)O)c(C)c2cc1Cl. The van der Waals surface area contributed by atoms with Gasteiger partial charge in [0.05, 0.1) is 17.0 Å². The highest BCUT2D eigenvalue weighted by atomic mass is 35.5. The van der Waals surface area contributed by atoms with E-state index in [0.29, 0.717) is 33.9 Å². The van der Waals surface area contributed by atoms with Crippen LogP contribution in [0.4, 0.5) is 0 Å². The molecule has 1 atom stereocenters. The van der Waals surface area contributed by atoms with Crippen LogP contribution in [-0.2, 0) is 16.0 Å². The first kappa shape index (κ1) is 21.5. The van der Waals surface area contributed by atoms with Gasteiger partial charge < -0.3 is 19.6 Å². The van der Waals surface area contributed by atoms with Crippen molar-refractivity contribution in [1.29, 1.82) is 0 Å². The predicted octanol–water partition coefficient (Wildman–Crippen LogP) is 3.23. The van der Waals surface area contributed by atoms with E-state index in [1.165, 1.54) is 6.92 Å². The van der Waals surface area contributed by atoms with Gasteiger partial charge in [-0.3, -0.25) is 9.59 Å². The monoisotopic (exact) mass is 407 g/mol. The maximum atomic E-state index is 12.4. The molecule has 0 spiro atoms. The van der Waals surface area contributed by atoms with Crippen LogP contribution in [0.1, 0.15) is 31.9 Å². The number of carbonyl (C=O) groups excluding carboxylic acids is 1. The Morgan fingerprint density at radius 3 is 2.64 bits per heavy atom. The molecule has 2 aromatic rings. The van der Waals surface area contributed by atoms with Crippen LogP contribution in [0, 0.1) is 6.92 Å². The molecule has 0 unspecified atom stereocenters. The molecule has 7 nitrogen and oxygen atoms in total. The zero-order valence-corrected chi connectivity index (χ0v) is 16.8. The molecule has 28 heavy (non-hydrogen) atoms. The average Bonchev–Trinajstić information content (AvgIpc) is 2.59. The summed E-state index contributed by atoms with van der Waals surface area (Å²) in [5.41, 5.74) is 1.42. The summed E-state index contributed by atoms with van der Waals surface area (Å²) < 4.78 is 11.0. The highest BCUT2D eigenvalue weighted by Crippen LogP contribution is 2.32. The van der Waals surface area contributed by atoms with Crippen molar-refractivity contribution < 1.29 is 23.8 Å². The van der Waals surface area contributed by atoms with Gasteiger partial charge in [-0.1, -0.05) is 17.2 Å². The lowest BCUT2D eigenvalue weighted by atomic mass is 10.0. The molecule has 1 aromatic heterocycles. The summed E-state index contributed by atoms with van der Waals surface area (Å²) >= 11 is 6.28. The fourth-order valence-corrected chi connectivity index (χ4v) is 2.74. The largest absolute Gasteiger partial charge is 0.488 e. The van der Waals surface area contributed by atoms with Gasteiger partial charge in [-0.15, -0.1) is 0 Å². The van der Waals surface area contributed by atoms with Crippen molar-refractivity contribution in [2.24, 2.45) is 0 Å². The smallest absolute Gasteiger partial charge is 0.340 e. The molecular weight excluding hydrogens is 386 g/mol. The van der Waals surface area contributed by atoms with E-state index in [2.05, 4.69) is 5.32 Å². The lowest BCUT2D eigenvalue weighted by Crippen LogP contribution is -2.39. The van der Waals surface area contributed by atoms with Crippen LogP contribution in [0.2, 0.25) is 5.02 Å². The summed E-state index contributed by atoms with van der Waals surface area (Å²) in [6.45, 7) is 7.25. The van der Waals surface area contributed by atoms with Crippen LogP contribution in [0.3, 0.4) is 0 Å². The van der Waals surface area contributed by atoms with Crippen LogP contribution in [-0.4, -0.2) is 29.6 Å². The molecule has 150 valence electrons. The molecule has 0 aliphatic heterocycles. The molecule has 1 amide bonds. The number of ether oxygens (including phenoxy) is 1. The van der Waals surface area contributed by atoms with Gasteiger partial charge >= 0.3 is 11.6 Å². The minimum Gasteiger partial charge on any atom is -0.488 e. The number of halogens is 1. The summed E-state index contributed by atoms with van der Waals surface area (Å²) in [7, 11) is 0. The summed E-state index contributed by atoms with van der Waals surface area (Å²) in [6.07, 6.45) is 1.60. The van der Waals surface area contributed by atoms with E-state index in [4.69, 9.17) is 25.9 Å². The second kappa shape index (κ2) is 8.93. The van der Waals surface area contributed by atoms with Gasteiger partial charge in [-0.2, -0.15) is 0 Å². The number of hydrogen-bond acceptors (Lipinski definition) is 5. The quantitative estimate of drug-likeness (QED) is 0.539. The van der Waals surface area contributed by atoms with Crippen LogP contribution in [0.25, 0.3) is 11.0 Å². The summed E-state index contributed by atoms with van der Waals surface area (Å²) in [4.78, 5) is 35.3. The molecular formula is C20H22ClNO6. The van der Waals surface area contributed by atoms with Gasteiger partial charge in [-0.05, 0) is 45.4 Å². The van der Waals surface area contributed by atoms with Gasteiger partial charge in [0.15, 0.2) is 0 Å². The Morgan fingerprint density at radius 1 is 1.36 bits per heavy atom. The summed E-state index contributed by atoms with van der Waals surface area (Å²) in [5.74, 6) is -1.37. The molecule has 1 heterocycles. The van der Waals surface area contributed by atoms with E-state index >= 15 is 0 Å². The molecule has 0 fully saturated rings. The number of aliphatic carboxylic acids is 1. The van der Waals surface area contributed by atoms with Crippen molar-refractivity contribution in [2.45, 2.75) is 40.2 Å². The van der Waals surface area contributed by atoms with Gasteiger partial charge in [-0.25, -0.2) is 4.79 Å². The Labute approximate surface area is 166 Å². The third-order valence-corrected chi connectivity index (χ3v) is 4.45. The third-order valence-electron chi connectivity index (χ3n) is 4.16.